The highest BCUT2D eigenvalue weighted by Crippen LogP contribution is 2.71. The Balaban J connectivity index is 1.83. The van der Waals surface area contributed by atoms with Crippen LogP contribution in [0.1, 0.15) is 59.8 Å². The van der Waals surface area contributed by atoms with E-state index in [1.807, 2.05) is 0 Å². The average Bonchev–Trinajstić information content (AvgIpc) is 3.02. The molecular weight excluding hydrogens is 469 g/mol. The van der Waals surface area contributed by atoms with Gasteiger partial charge in [-0.05, 0) is 50.7 Å². The van der Waals surface area contributed by atoms with Crippen LogP contribution in [0.3, 0.4) is 0 Å². The van der Waals surface area contributed by atoms with E-state index in [1.165, 1.54) is 26.2 Å². The molecule has 0 aromatic carbocycles. The number of nitrogens with zero attached hydrogens (tertiary/aromatic N) is 1. The number of carbonyl (C=O) groups excluding carboxylic acids is 4. The van der Waals surface area contributed by atoms with Crippen molar-refractivity contribution in [3.8, 4) is 0 Å². The van der Waals surface area contributed by atoms with E-state index >= 15 is 4.39 Å². The van der Waals surface area contributed by atoms with Gasteiger partial charge in [-0.1, -0.05) is 32.4 Å². The Bertz CT molecular complexity index is 1070. The predicted octanol–water partition coefficient (Wildman–Crippen LogP) is 3.52. The summed E-state index contributed by atoms with van der Waals surface area (Å²) in [5.74, 6) is -3.55. The number of ether oxygens (including phenoxy) is 2. The Morgan fingerprint density at radius 2 is 1.89 bits per heavy atom. The first-order valence-corrected chi connectivity index (χ1v) is 12.7. The number of fused-ring (bicyclic) bond motifs is 5. The van der Waals surface area contributed by atoms with Crippen molar-refractivity contribution in [3.63, 3.8) is 0 Å². The van der Waals surface area contributed by atoms with Crippen LogP contribution in [0.25, 0.3) is 0 Å². The minimum Gasteiger partial charge on any atom is -0.446 e. The van der Waals surface area contributed by atoms with Crippen molar-refractivity contribution >= 4 is 23.8 Å². The fourth-order valence-corrected chi connectivity index (χ4v) is 7.72. The summed E-state index contributed by atoms with van der Waals surface area (Å²) in [5.41, 5.74) is -5.67. The fraction of sp³-hybridized carbons (Fsp3) is 0.704. The maximum absolute atomic E-state index is 17.4. The molecule has 0 radical (unpaired) electrons. The lowest BCUT2D eigenvalue weighted by molar-refractivity contribution is -0.234. The van der Waals surface area contributed by atoms with Crippen LogP contribution >= 0.6 is 0 Å². The summed E-state index contributed by atoms with van der Waals surface area (Å²) in [5, 5.41) is 11.5. The SMILES string of the molecule is CCC(=O)O[C@]1(C(=O)OC(=O)N(C)C)[C@@H](C)C[C@H]2[C@@H]3CCC4=CC(=O)C=C[C@]4(C)[C@@]3(F)[C@@H](O)C[C@@]21C. The van der Waals surface area contributed by atoms with Crippen molar-refractivity contribution in [2.75, 3.05) is 14.1 Å². The lowest BCUT2D eigenvalue weighted by Crippen LogP contribution is -2.70. The van der Waals surface area contributed by atoms with E-state index in [0.29, 0.717) is 24.8 Å². The first-order valence-electron chi connectivity index (χ1n) is 12.7. The third-order valence-corrected chi connectivity index (χ3v) is 9.59. The van der Waals surface area contributed by atoms with Crippen molar-refractivity contribution in [1.29, 1.82) is 0 Å². The van der Waals surface area contributed by atoms with Crippen LogP contribution in [0, 0.1) is 28.6 Å². The van der Waals surface area contributed by atoms with Gasteiger partial charge >= 0.3 is 18.0 Å². The van der Waals surface area contributed by atoms with Gasteiger partial charge in [-0.25, -0.2) is 14.0 Å². The molecule has 0 aliphatic heterocycles. The van der Waals surface area contributed by atoms with Crippen LogP contribution in [0.2, 0.25) is 0 Å². The highest BCUT2D eigenvalue weighted by atomic mass is 19.1. The molecule has 0 aromatic rings. The Kier molecular flexibility index (Phi) is 6.26. The van der Waals surface area contributed by atoms with Crippen molar-refractivity contribution < 1.29 is 38.1 Å². The molecule has 0 aromatic heterocycles. The van der Waals surface area contributed by atoms with Gasteiger partial charge in [-0.2, -0.15) is 0 Å². The number of hydrogen-bond acceptors (Lipinski definition) is 7. The van der Waals surface area contributed by atoms with Crippen molar-refractivity contribution in [3.05, 3.63) is 23.8 Å². The predicted molar refractivity (Wildman–Crippen MR) is 127 cm³/mol. The van der Waals surface area contributed by atoms with Gasteiger partial charge in [0.2, 0.25) is 5.60 Å². The number of carbonyl (C=O) groups is 4. The molecule has 4 rings (SSSR count). The van der Waals surface area contributed by atoms with E-state index in [0.717, 1.165) is 4.90 Å². The quantitative estimate of drug-likeness (QED) is 0.462. The molecule has 1 N–H and O–H groups in total. The van der Waals surface area contributed by atoms with Crippen LogP contribution in [0.15, 0.2) is 23.8 Å². The molecule has 8 nitrogen and oxygen atoms in total. The molecular formula is C27H36FNO7. The van der Waals surface area contributed by atoms with Gasteiger partial charge in [0.25, 0.3) is 0 Å². The first kappa shape index (κ1) is 26.5. The summed E-state index contributed by atoms with van der Waals surface area (Å²) in [7, 11) is 2.86. The van der Waals surface area contributed by atoms with Gasteiger partial charge in [-0.15, -0.1) is 0 Å². The standard InChI is InChI=1S/C27H36FNO7/c1-7-21(32)36-27(22(33)35-23(34)29(5)6)15(2)12-19-18-9-8-16-13-17(30)10-11-24(16,3)26(18,28)20(31)14-25(19,27)4/h10-11,13,15,18-20,31H,7-9,12,14H2,1-6H3/t15-,18-,19-,20-,24-,25-,26-,27-/m0/s1. The molecule has 4 aliphatic rings. The minimum atomic E-state index is -2.09. The largest absolute Gasteiger partial charge is 0.446 e. The lowest BCUT2D eigenvalue weighted by atomic mass is 9.44. The summed E-state index contributed by atoms with van der Waals surface area (Å²) in [6, 6.07) is 0. The topological polar surface area (TPSA) is 110 Å². The number of alkyl halides is 1. The smallest absolute Gasteiger partial charge is 0.417 e. The number of halogens is 1. The second kappa shape index (κ2) is 8.50. The third kappa shape index (κ3) is 3.27. The van der Waals surface area contributed by atoms with Crippen molar-refractivity contribution in [2.24, 2.45) is 28.6 Å². The Hall–Kier alpha value is -2.55. The molecule has 4 aliphatic carbocycles. The second-order valence-corrected chi connectivity index (χ2v) is 11.5. The number of hydrogen-bond donors (Lipinski definition) is 1. The van der Waals surface area contributed by atoms with Gasteiger partial charge in [0.1, 0.15) is 0 Å². The number of aliphatic hydroxyl groups is 1. The fourth-order valence-electron chi connectivity index (χ4n) is 7.72. The van der Waals surface area contributed by atoms with Gasteiger partial charge < -0.3 is 19.5 Å². The minimum absolute atomic E-state index is 0.00575. The highest BCUT2D eigenvalue weighted by molar-refractivity contribution is 6.01. The van der Waals surface area contributed by atoms with Crippen LogP contribution in [0.4, 0.5) is 9.18 Å². The van der Waals surface area contributed by atoms with E-state index < -0.39 is 64.0 Å². The molecule has 0 saturated heterocycles. The first-order chi connectivity index (χ1) is 16.7. The summed E-state index contributed by atoms with van der Waals surface area (Å²) < 4.78 is 28.4. The van der Waals surface area contributed by atoms with Crippen LogP contribution in [0.5, 0.6) is 0 Å². The van der Waals surface area contributed by atoms with E-state index in [1.54, 1.807) is 33.8 Å². The lowest BCUT2D eigenvalue weighted by Gasteiger charge is -2.62. The highest BCUT2D eigenvalue weighted by Gasteiger charge is 2.78. The molecule has 0 heterocycles. The number of aliphatic hydroxyl groups excluding tert-OH is 1. The molecule has 9 heteroatoms. The normalized spacial score (nSPS) is 43.0. The monoisotopic (exact) mass is 505 g/mol. The molecule has 198 valence electrons. The van der Waals surface area contributed by atoms with Crippen LogP contribution in [-0.2, 0) is 23.9 Å². The Labute approximate surface area is 210 Å². The Morgan fingerprint density at radius 3 is 2.50 bits per heavy atom. The number of esters is 2. The molecule has 8 atom stereocenters. The zero-order valence-electron chi connectivity index (χ0n) is 21.8. The van der Waals surface area contributed by atoms with Crippen molar-refractivity contribution in [1.82, 2.24) is 4.90 Å². The summed E-state index contributed by atoms with van der Waals surface area (Å²) >= 11 is 0. The molecule has 3 fully saturated rings. The van der Waals surface area contributed by atoms with Crippen LogP contribution in [-0.4, -0.2) is 65.3 Å². The van der Waals surface area contributed by atoms with Crippen LogP contribution < -0.4 is 0 Å². The zero-order valence-corrected chi connectivity index (χ0v) is 21.8. The summed E-state index contributed by atoms with van der Waals surface area (Å²) in [6.07, 6.45) is 2.96. The Morgan fingerprint density at radius 1 is 1.22 bits per heavy atom. The van der Waals surface area contributed by atoms with E-state index in [2.05, 4.69) is 0 Å². The molecule has 0 bridgehead atoms. The molecule has 3 saturated carbocycles. The van der Waals surface area contributed by atoms with E-state index in [-0.39, 0.29) is 18.6 Å². The van der Waals surface area contributed by atoms with E-state index in [4.69, 9.17) is 9.47 Å². The molecule has 0 unspecified atom stereocenters. The third-order valence-electron chi connectivity index (χ3n) is 9.59. The summed E-state index contributed by atoms with van der Waals surface area (Å²) in [4.78, 5) is 51.8. The number of allylic oxidation sites excluding steroid dienone is 4. The average molecular weight is 506 g/mol. The number of ketones is 1. The van der Waals surface area contributed by atoms with E-state index in [9.17, 15) is 24.3 Å². The second-order valence-electron chi connectivity index (χ2n) is 11.5. The van der Waals surface area contributed by atoms with Gasteiger partial charge in [0.05, 0.1) is 6.10 Å². The van der Waals surface area contributed by atoms with Gasteiger partial charge in [-0.3, -0.25) is 9.59 Å². The van der Waals surface area contributed by atoms with Gasteiger partial charge in [0, 0.05) is 43.2 Å². The van der Waals surface area contributed by atoms with Gasteiger partial charge in [0.15, 0.2) is 11.5 Å². The van der Waals surface area contributed by atoms with Crippen molar-refractivity contribution in [2.45, 2.75) is 77.2 Å². The molecule has 0 spiro atoms. The maximum atomic E-state index is 17.4. The number of amides is 1. The zero-order chi connectivity index (χ0) is 26.8. The molecule has 36 heavy (non-hydrogen) atoms. The summed E-state index contributed by atoms with van der Waals surface area (Å²) in [6.45, 7) is 6.80. The maximum Gasteiger partial charge on any atom is 0.417 e. The molecule has 1 amide bonds. The number of rotatable bonds is 3.